The molecule has 2 rings (SSSR count). The van der Waals surface area contributed by atoms with Gasteiger partial charge in [0.2, 0.25) is 0 Å². The van der Waals surface area contributed by atoms with E-state index in [0.29, 0.717) is 17.9 Å². The van der Waals surface area contributed by atoms with Crippen LogP contribution in [0.2, 0.25) is 0 Å². The average molecular weight is 413 g/mol. The number of likely N-dealkylation sites (N-methyl/N-ethyl adjacent to an activating group) is 1. The highest BCUT2D eigenvalue weighted by Gasteiger charge is 2.35. The van der Waals surface area contributed by atoms with Crippen LogP contribution < -0.4 is 5.32 Å². The molecular weight excluding hydrogens is 364 g/mol. The van der Waals surface area contributed by atoms with Gasteiger partial charge in [0.15, 0.2) is 0 Å². The minimum atomic E-state index is -0.442. The monoisotopic (exact) mass is 412 g/mol. The van der Waals surface area contributed by atoms with Crippen molar-refractivity contribution < 1.29 is 14.6 Å². The molecule has 1 aliphatic heterocycles. The van der Waals surface area contributed by atoms with E-state index in [-0.39, 0.29) is 18.1 Å². The fourth-order valence-electron chi connectivity index (χ4n) is 4.66. The first-order valence-corrected chi connectivity index (χ1v) is 12.3. The summed E-state index contributed by atoms with van der Waals surface area (Å²) < 4.78 is 12.5. The van der Waals surface area contributed by atoms with Gasteiger partial charge in [-0.2, -0.15) is 0 Å². The molecule has 1 heterocycles. The first kappa shape index (κ1) is 25.1. The van der Waals surface area contributed by atoms with Crippen LogP contribution in [0.5, 0.6) is 0 Å². The average Bonchev–Trinajstić information content (AvgIpc) is 3.14. The lowest BCUT2D eigenvalue weighted by molar-refractivity contribution is -0.119. The minimum Gasteiger partial charge on any atom is -0.378 e. The van der Waals surface area contributed by atoms with Crippen molar-refractivity contribution >= 4 is 0 Å². The lowest BCUT2D eigenvalue weighted by Crippen LogP contribution is -2.48. The second-order valence-electron chi connectivity index (χ2n) is 10.0. The van der Waals surface area contributed by atoms with Crippen molar-refractivity contribution in [3.8, 4) is 0 Å². The van der Waals surface area contributed by atoms with E-state index in [1.807, 2.05) is 0 Å². The van der Waals surface area contributed by atoms with Gasteiger partial charge in [-0.25, -0.2) is 0 Å². The van der Waals surface area contributed by atoms with E-state index in [1.54, 1.807) is 0 Å². The van der Waals surface area contributed by atoms with E-state index in [1.165, 1.54) is 19.4 Å². The number of nitrogens with zero attached hydrogens (tertiary/aromatic N) is 1. The Morgan fingerprint density at radius 1 is 0.966 bits per heavy atom. The molecule has 5 unspecified atom stereocenters. The molecule has 2 fully saturated rings. The third kappa shape index (κ3) is 8.82. The van der Waals surface area contributed by atoms with E-state index >= 15 is 0 Å². The van der Waals surface area contributed by atoms with Crippen molar-refractivity contribution in [3.63, 3.8) is 0 Å². The molecule has 5 atom stereocenters. The summed E-state index contributed by atoms with van der Waals surface area (Å²) in [6.07, 6.45) is 7.41. The van der Waals surface area contributed by atoms with Gasteiger partial charge in [0, 0.05) is 31.7 Å². The number of aliphatic hydroxyl groups is 1. The van der Waals surface area contributed by atoms with Gasteiger partial charge >= 0.3 is 0 Å². The maximum atomic E-state index is 10.8. The number of ether oxygens (including phenoxy) is 2. The highest BCUT2D eigenvalue weighted by Crippen LogP contribution is 2.31. The Labute approximate surface area is 179 Å². The Morgan fingerprint density at radius 2 is 1.62 bits per heavy atom. The highest BCUT2D eigenvalue weighted by atomic mass is 16.5. The van der Waals surface area contributed by atoms with E-state index in [0.717, 1.165) is 58.4 Å². The molecule has 0 aromatic rings. The molecule has 0 radical (unpaired) electrons. The van der Waals surface area contributed by atoms with E-state index in [4.69, 9.17) is 9.47 Å². The minimum absolute atomic E-state index is 0.106. The van der Waals surface area contributed by atoms with Crippen LogP contribution in [0, 0.1) is 17.8 Å². The maximum absolute atomic E-state index is 10.8. The van der Waals surface area contributed by atoms with Gasteiger partial charge in [-0.05, 0) is 69.9 Å². The summed E-state index contributed by atoms with van der Waals surface area (Å²) in [5.74, 6) is 1.56. The Kier molecular flexibility index (Phi) is 11.5. The van der Waals surface area contributed by atoms with Crippen LogP contribution in [0.1, 0.15) is 79.6 Å². The number of hydrogen-bond donors (Lipinski definition) is 2. The molecule has 2 aliphatic rings. The van der Waals surface area contributed by atoms with Crippen molar-refractivity contribution in [3.05, 3.63) is 0 Å². The van der Waals surface area contributed by atoms with Crippen LogP contribution in [0.25, 0.3) is 0 Å². The summed E-state index contributed by atoms with van der Waals surface area (Å²) in [7, 11) is 0. The standard InChI is InChI=1S/C24H48N2O3/c1-6-26-13-7-8-21(26)17-25-24(27)20-9-10-22(28-14-11-18(2)3)23(16-20)29-15-12-19(4)5/h18-25,27H,6-17H2,1-5H3. The summed E-state index contributed by atoms with van der Waals surface area (Å²) >= 11 is 0. The molecule has 0 aromatic carbocycles. The molecule has 5 nitrogen and oxygen atoms in total. The fraction of sp³-hybridized carbons (Fsp3) is 1.00. The zero-order chi connectivity index (χ0) is 21.2. The summed E-state index contributed by atoms with van der Waals surface area (Å²) in [5, 5.41) is 14.3. The van der Waals surface area contributed by atoms with Gasteiger partial charge in [0.05, 0.1) is 12.2 Å². The van der Waals surface area contributed by atoms with Gasteiger partial charge in [0.25, 0.3) is 0 Å². The summed E-state index contributed by atoms with van der Waals surface area (Å²) in [6.45, 7) is 16.0. The first-order chi connectivity index (χ1) is 13.9. The fourth-order valence-corrected chi connectivity index (χ4v) is 4.66. The van der Waals surface area contributed by atoms with Crippen LogP contribution in [-0.2, 0) is 9.47 Å². The quantitative estimate of drug-likeness (QED) is 0.447. The molecule has 29 heavy (non-hydrogen) atoms. The van der Waals surface area contributed by atoms with Crippen molar-refractivity contribution in [2.45, 2.75) is 104 Å². The lowest BCUT2D eigenvalue weighted by atomic mass is 9.83. The molecule has 1 saturated carbocycles. The van der Waals surface area contributed by atoms with Crippen molar-refractivity contribution in [2.24, 2.45) is 17.8 Å². The SMILES string of the molecule is CCN1CCCC1CNC(O)C1CCC(OCCC(C)C)C(OCCC(C)C)C1. The summed E-state index contributed by atoms with van der Waals surface area (Å²) in [4.78, 5) is 2.52. The normalized spacial score (nSPS) is 29.8. The predicted octanol–water partition coefficient (Wildman–Crippen LogP) is 4.04. The molecule has 2 N–H and O–H groups in total. The van der Waals surface area contributed by atoms with Crippen LogP contribution >= 0.6 is 0 Å². The third-order valence-corrected chi connectivity index (χ3v) is 6.74. The molecule has 1 aliphatic carbocycles. The van der Waals surface area contributed by atoms with Gasteiger partial charge < -0.3 is 14.6 Å². The van der Waals surface area contributed by atoms with E-state index < -0.39 is 6.23 Å². The van der Waals surface area contributed by atoms with Crippen LogP contribution in [0.3, 0.4) is 0 Å². The van der Waals surface area contributed by atoms with Crippen molar-refractivity contribution in [1.82, 2.24) is 10.2 Å². The van der Waals surface area contributed by atoms with Crippen molar-refractivity contribution in [2.75, 3.05) is 32.8 Å². The molecule has 0 amide bonds. The molecule has 1 saturated heterocycles. The number of rotatable bonds is 13. The number of aliphatic hydroxyl groups excluding tert-OH is 1. The summed E-state index contributed by atoms with van der Waals surface area (Å²) in [6, 6.07) is 0.573. The van der Waals surface area contributed by atoms with Crippen LogP contribution in [0.4, 0.5) is 0 Å². The predicted molar refractivity (Wildman–Crippen MR) is 120 cm³/mol. The van der Waals surface area contributed by atoms with Gasteiger partial charge in [0.1, 0.15) is 6.23 Å². The molecule has 0 aromatic heterocycles. The van der Waals surface area contributed by atoms with Crippen LogP contribution in [-0.4, -0.2) is 67.3 Å². The van der Waals surface area contributed by atoms with Crippen LogP contribution in [0.15, 0.2) is 0 Å². The molecule has 0 bridgehead atoms. The van der Waals surface area contributed by atoms with E-state index in [2.05, 4.69) is 44.8 Å². The Morgan fingerprint density at radius 3 is 2.24 bits per heavy atom. The first-order valence-electron chi connectivity index (χ1n) is 12.3. The van der Waals surface area contributed by atoms with E-state index in [9.17, 15) is 5.11 Å². The zero-order valence-corrected chi connectivity index (χ0v) is 19.7. The number of hydrogen-bond acceptors (Lipinski definition) is 5. The molecular formula is C24H48N2O3. The van der Waals surface area contributed by atoms with Gasteiger partial charge in [-0.1, -0.05) is 34.6 Å². The molecule has 172 valence electrons. The zero-order valence-electron chi connectivity index (χ0n) is 19.7. The maximum Gasteiger partial charge on any atom is 0.107 e. The van der Waals surface area contributed by atoms with Gasteiger partial charge in [-0.3, -0.25) is 10.2 Å². The Bertz CT molecular complexity index is 432. The largest absolute Gasteiger partial charge is 0.378 e. The third-order valence-electron chi connectivity index (χ3n) is 6.74. The Hall–Kier alpha value is -0.200. The smallest absolute Gasteiger partial charge is 0.107 e. The van der Waals surface area contributed by atoms with Gasteiger partial charge in [-0.15, -0.1) is 0 Å². The second kappa shape index (κ2) is 13.3. The second-order valence-corrected chi connectivity index (χ2v) is 10.0. The Balaban J connectivity index is 1.82. The molecule has 5 heteroatoms. The lowest BCUT2D eigenvalue weighted by Gasteiger charge is -2.38. The number of likely N-dealkylation sites (tertiary alicyclic amines) is 1. The highest BCUT2D eigenvalue weighted by molar-refractivity contribution is 4.86. The summed E-state index contributed by atoms with van der Waals surface area (Å²) in [5.41, 5.74) is 0. The molecule has 0 spiro atoms. The number of nitrogens with one attached hydrogen (secondary N) is 1. The topological polar surface area (TPSA) is 54.0 Å². The van der Waals surface area contributed by atoms with Crippen molar-refractivity contribution in [1.29, 1.82) is 0 Å².